The van der Waals surface area contributed by atoms with Crippen molar-refractivity contribution in [3.63, 3.8) is 0 Å². The molecule has 3 saturated heterocycles. The first-order valence-corrected chi connectivity index (χ1v) is 12.7. The number of nitrogens with zero attached hydrogens (tertiary/aromatic N) is 5. The Bertz CT molecular complexity index is 1290. The van der Waals surface area contributed by atoms with E-state index in [9.17, 15) is 9.50 Å². The van der Waals surface area contributed by atoms with Gasteiger partial charge in [-0.3, -0.25) is 0 Å². The zero-order valence-corrected chi connectivity index (χ0v) is 21.0. The number of pyridine rings is 1. The maximum atomic E-state index is 14.7. The van der Waals surface area contributed by atoms with Crippen molar-refractivity contribution in [1.29, 1.82) is 0 Å². The number of hydrogen-bond acceptors (Lipinski definition) is 8. The molecular formula is C27H33FN6O2. The number of rotatable bonds is 5. The molecule has 0 bridgehead atoms. The molecule has 0 unspecified atom stereocenters. The molecule has 9 heteroatoms. The van der Waals surface area contributed by atoms with E-state index < -0.39 is 11.8 Å². The number of aliphatic hydroxyl groups is 1. The molecule has 1 aromatic carbocycles. The number of anilines is 4. The van der Waals surface area contributed by atoms with Gasteiger partial charge in [-0.15, -0.1) is 0 Å². The molecule has 3 aromatic rings. The average molecular weight is 493 g/mol. The molecular weight excluding hydrogens is 459 g/mol. The topological polar surface area (TPSA) is 86.6 Å². The summed E-state index contributed by atoms with van der Waals surface area (Å²) in [7, 11) is 0. The van der Waals surface area contributed by atoms with Crippen LogP contribution in [0.4, 0.5) is 27.7 Å². The number of fused-ring (bicyclic) bond motifs is 1. The predicted octanol–water partition coefficient (Wildman–Crippen LogP) is 4.03. The molecule has 3 aliphatic rings. The Morgan fingerprint density at radius 1 is 1.08 bits per heavy atom. The highest BCUT2D eigenvalue weighted by atomic mass is 19.1. The second-order valence-electron chi connectivity index (χ2n) is 11.2. The third-order valence-electron chi connectivity index (χ3n) is 7.79. The summed E-state index contributed by atoms with van der Waals surface area (Å²) in [6.07, 6.45) is 2.98. The smallest absolute Gasteiger partial charge is 0.227 e. The first kappa shape index (κ1) is 23.4. The number of ether oxygens (including phenoxy) is 1. The van der Waals surface area contributed by atoms with Crippen LogP contribution < -0.4 is 15.1 Å². The molecule has 6 rings (SSSR count). The Balaban J connectivity index is 1.27. The van der Waals surface area contributed by atoms with Crippen molar-refractivity contribution in [2.45, 2.75) is 44.9 Å². The van der Waals surface area contributed by atoms with Gasteiger partial charge in [-0.05, 0) is 48.4 Å². The van der Waals surface area contributed by atoms with Crippen LogP contribution in [0.5, 0.6) is 0 Å². The van der Waals surface area contributed by atoms with Crippen molar-refractivity contribution < 1.29 is 14.2 Å². The maximum absolute atomic E-state index is 14.7. The summed E-state index contributed by atoms with van der Waals surface area (Å²) in [5.74, 6) is 2.10. The van der Waals surface area contributed by atoms with E-state index in [0.29, 0.717) is 41.9 Å². The van der Waals surface area contributed by atoms with Crippen molar-refractivity contribution >= 4 is 34.0 Å². The van der Waals surface area contributed by atoms with E-state index in [1.807, 2.05) is 6.20 Å². The van der Waals surface area contributed by atoms with Gasteiger partial charge in [-0.1, -0.05) is 19.9 Å². The van der Waals surface area contributed by atoms with Crippen LogP contribution in [0, 0.1) is 5.41 Å². The first-order valence-electron chi connectivity index (χ1n) is 12.7. The highest BCUT2D eigenvalue weighted by molar-refractivity contribution is 5.98. The minimum absolute atomic E-state index is 0.0519. The summed E-state index contributed by atoms with van der Waals surface area (Å²) in [5.41, 5.74) is 1.14. The molecule has 190 valence electrons. The fourth-order valence-electron chi connectivity index (χ4n) is 5.61. The molecule has 2 N–H and O–H groups in total. The zero-order valence-electron chi connectivity index (χ0n) is 21.0. The molecule has 0 amide bonds. The number of halogens is 1. The van der Waals surface area contributed by atoms with Crippen LogP contribution in [0.3, 0.4) is 0 Å². The molecule has 0 saturated carbocycles. The molecule has 5 heterocycles. The van der Waals surface area contributed by atoms with Crippen molar-refractivity contribution in [2.75, 3.05) is 54.5 Å². The minimum Gasteiger partial charge on any atom is -0.390 e. The maximum Gasteiger partial charge on any atom is 0.227 e. The number of piperidine rings is 1. The quantitative estimate of drug-likeness (QED) is 0.552. The molecule has 8 nitrogen and oxygen atoms in total. The lowest BCUT2D eigenvalue weighted by atomic mass is 9.77. The fraction of sp³-hybridized carbons (Fsp3) is 0.519. The van der Waals surface area contributed by atoms with Crippen LogP contribution >= 0.6 is 0 Å². The number of nitrogens with one attached hydrogen (secondary N) is 1. The van der Waals surface area contributed by atoms with Gasteiger partial charge < -0.3 is 25.0 Å². The number of benzene rings is 1. The highest BCUT2D eigenvalue weighted by Gasteiger charge is 2.49. The number of aliphatic hydroxyl groups excluding tert-OH is 1. The van der Waals surface area contributed by atoms with Crippen LogP contribution in [0.1, 0.15) is 38.7 Å². The van der Waals surface area contributed by atoms with Gasteiger partial charge in [0.15, 0.2) is 5.67 Å². The van der Waals surface area contributed by atoms with E-state index in [1.165, 1.54) is 23.6 Å². The Hall–Kier alpha value is -3.04. The van der Waals surface area contributed by atoms with E-state index in [2.05, 4.69) is 52.2 Å². The molecule has 3 fully saturated rings. The summed E-state index contributed by atoms with van der Waals surface area (Å²) in [4.78, 5) is 17.9. The summed E-state index contributed by atoms with van der Waals surface area (Å²) >= 11 is 0. The molecule has 3 aliphatic heterocycles. The van der Waals surface area contributed by atoms with Gasteiger partial charge in [0.05, 0.1) is 31.3 Å². The van der Waals surface area contributed by atoms with Crippen LogP contribution in [0.15, 0.2) is 36.7 Å². The normalized spacial score (nSPS) is 25.2. The van der Waals surface area contributed by atoms with E-state index in [1.54, 1.807) is 17.2 Å². The predicted molar refractivity (Wildman–Crippen MR) is 139 cm³/mol. The van der Waals surface area contributed by atoms with E-state index in [0.717, 1.165) is 31.7 Å². The van der Waals surface area contributed by atoms with Gasteiger partial charge in [-0.25, -0.2) is 14.4 Å². The second-order valence-corrected chi connectivity index (χ2v) is 11.2. The SMILES string of the molecule is CC(C)c1ccc(N2CC3(COC3)C2)c2cnc(Nc3ccnc(N4CC[C@@H](O)[C@@](C)(F)C4)n3)cc12. The van der Waals surface area contributed by atoms with E-state index in [-0.39, 0.29) is 6.54 Å². The highest BCUT2D eigenvalue weighted by Crippen LogP contribution is 2.43. The monoisotopic (exact) mass is 492 g/mol. The van der Waals surface area contributed by atoms with E-state index in [4.69, 9.17) is 9.72 Å². The largest absolute Gasteiger partial charge is 0.390 e. The van der Waals surface area contributed by atoms with Crippen molar-refractivity contribution in [1.82, 2.24) is 15.0 Å². The molecule has 2 atom stereocenters. The molecule has 0 radical (unpaired) electrons. The van der Waals surface area contributed by atoms with Crippen LogP contribution in [0.25, 0.3) is 10.8 Å². The van der Waals surface area contributed by atoms with Crippen LogP contribution in [-0.4, -0.2) is 71.2 Å². The van der Waals surface area contributed by atoms with Gasteiger partial charge in [-0.2, -0.15) is 4.98 Å². The average Bonchev–Trinajstić information content (AvgIpc) is 2.79. The van der Waals surface area contributed by atoms with Gasteiger partial charge >= 0.3 is 0 Å². The Kier molecular flexibility index (Phi) is 5.53. The van der Waals surface area contributed by atoms with Gasteiger partial charge in [0.1, 0.15) is 11.6 Å². The Morgan fingerprint density at radius 2 is 1.89 bits per heavy atom. The van der Waals surface area contributed by atoms with Gasteiger partial charge in [0.25, 0.3) is 0 Å². The molecule has 0 aliphatic carbocycles. The summed E-state index contributed by atoms with van der Waals surface area (Å²) in [6, 6.07) is 8.33. The fourth-order valence-corrected chi connectivity index (χ4v) is 5.61. The number of alkyl halides is 1. The summed E-state index contributed by atoms with van der Waals surface area (Å²) in [6.45, 7) is 10.2. The molecule has 36 heavy (non-hydrogen) atoms. The number of hydrogen-bond donors (Lipinski definition) is 2. The lowest BCUT2D eigenvalue weighted by Gasteiger charge is -2.56. The van der Waals surface area contributed by atoms with E-state index >= 15 is 0 Å². The van der Waals surface area contributed by atoms with Gasteiger partial charge in [0, 0.05) is 43.1 Å². The van der Waals surface area contributed by atoms with Crippen LogP contribution in [-0.2, 0) is 4.74 Å². The van der Waals surface area contributed by atoms with Crippen LogP contribution in [0.2, 0.25) is 0 Å². The molecule has 2 aromatic heterocycles. The lowest BCUT2D eigenvalue weighted by molar-refractivity contribution is -0.126. The first-order chi connectivity index (χ1) is 17.2. The standard InChI is InChI=1S/C27H33FN6O2/c1-17(2)18-4-5-21(34-13-27(14-34)15-36-16-27)20-11-30-24(10-19(18)20)31-23-6-8-29-25(32-23)33-9-7-22(35)26(3,28)12-33/h4-6,8,10-11,17,22,35H,7,9,12-16H2,1-3H3,(H,29,30,31,32)/t22-,26+/m1/s1. The number of aromatic nitrogens is 3. The third-order valence-corrected chi connectivity index (χ3v) is 7.79. The summed E-state index contributed by atoms with van der Waals surface area (Å²) in [5, 5.41) is 15.6. The lowest BCUT2D eigenvalue weighted by Crippen LogP contribution is -2.66. The van der Waals surface area contributed by atoms with Crippen molar-refractivity contribution in [3.05, 3.63) is 42.2 Å². The van der Waals surface area contributed by atoms with Crippen molar-refractivity contribution in [3.8, 4) is 0 Å². The molecule has 1 spiro atoms. The van der Waals surface area contributed by atoms with Gasteiger partial charge in [0.2, 0.25) is 5.95 Å². The Morgan fingerprint density at radius 3 is 2.58 bits per heavy atom. The minimum atomic E-state index is -1.70. The zero-order chi connectivity index (χ0) is 25.1. The second kappa shape index (κ2) is 8.52. The third kappa shape index (κ3) is 4.04. The summed E-state index contributed by atoms with van der Waals surface area (Å²) < 4.78 is 20.1. The Labute approximate surface area is 210 Å². The van der Waals surface area contributed by atoms with Crippen molar-refractivity contribution in [2.24, 2.45) is 5.41 Å².